The van der Waals surface area contributed by atoms with E-state index in [-0.39, 0.29) is 24.4 Å². The lowest BCUT2D eigenvalue weighted by Crippen LogP contribution is -2.30. The van der Waals surface area contributed by atoms with Crippen LogP contribution < -0.4 is 4.90 Å². The number of carbonyl (C=O) groups is 2. The van der Waals surface area contributed by atoms with Crippen LogP contribution in [0, 0.1) is 17.0 Å². The molecule has 0 N–H and O–H groups in total. The topological polar surface area (TPSA) is 103 Å². The number of rotatable bonds is 7. The zero-order valence-corrected chi connectivity index (χ0v) is 17.1. The van der Waals surface area contributed by atoms with Crippen molar-refractivity contribution in [3.8, 4) is 0 Å². The number of nitro benzene ring substituents is 1. The molecule has 0 saturated carbocycles. The van der Waals surface area contributed by atoms with Crippen molar-refractivity contribution < 1.29 is 19.2 Å². The molecule has 3 rings (SSSR count). The van der Waals surface area contributed by atoms with Crippen molar-refractivity contribution in [2.45, 2.75) is 20.4 Å². The summed E-state index contributed by atoms with van der Waals surface area (Å²) >= 11 is 0. The summed E-state index contributed by atoms with van der Waals surface area (Å²) in [6.45, 7) is 3.83. The Bertz CT molecular complexity index is 1100. The number of benzene rings is 2. The minimum absolute atomic E-state index is 0.118. The Morgan fingerprint density at radius 3 is 2.29 bits per heavy atom. The van der Waals surface area contributed by atoms with E-state index in [1.54, 1.807) is 74.8 Å². The average molecular weight is 419 g/mol. The second-order valence-corrected chi connectivity index (χ2v) is 6.77. The Morgan fingerprint density at radius 2 is 1.68 bits per heavy atom. The van der Waals surface area contributed by atoms with E-state index in [0.717, 1.165) is 5.56 Å². The highest BCUT2D eigenvalue weighted by molar-refractivity contribution is 6.06. The third kappa shape index (κ3) is 5.11. The number of ether oxygens (including phenoxy) is 1. The van der Waals surface area contributed by atoms with Crippen LogP contribution >= 0.6 is 0 Å². The van der Waals surface area contributed by atoms with Gasteiger partial charge in [-0.05, 0) is 61.9 Å². The minimum atomic E-state index is -0.506. The number of hydrogen-bond donors (Lipinski definition) is 0. The van der Waals surface area contributed by atoms with Crippen LogP contribution in [-0.2, 0) is 11.3 Å². The summed E-state index contributed by atoms with van der Waals surface area (Å²) in [5.41, 5.74) is 2.29. The van der Waals surface area contributed by atoms with E-state index in [1.807, 2.05) is 0 Å². The van der Waals surface area contributed by atoms with Crippen LogP contribution in [0.25, 0.3) is 0 Å². The first-order valence-electron chi connectivity index (χ1n) is 9.63. The highest BCUT2D eigenvalue weighted by Gasteiger charge is 2.22. The fraction of sp³-hybridized carbons (Fsp3) is 0.174. The van der Waals surface area contributed by atoms with Gasteiger partial charge < -0.3 is 9.64 Å². The Kier molecular flexibility index (Phi) is 6.71. The molecule has 0 saturated heterocycles. The Labute approximate surface area is 179 Å². The van der Waals surface area contributed by atoms with E-state index in [0.29, 0.717) is 16.8 Å². The summed E-state index contributed by atoms with van der Waals surface area (Å²) in [4.78, 5) is 41.6. The summed E-state index contributed by atoms with van der Waals surface area (Å²) in [6.07, 6.45) is 3.25. The number of hydrogen-bond acceptors (Lipinski definition) is 6. The fourth-order valence-corrected chi connectivity index (χ4v) is 3.04. The molecule has 0 atom stereocenters. The van der Waals surface area contributed by atoms with Crippen LogP contribution in [0.15, 0.2) is 67.0 Å². The second-order valence-electron chi connectivity index (χ2n) is 6.77. The van der Waals surface area contributed by atoms with Crippen LogP contribution in [0.1, 0.15) is 38.8 Å². The van der Waals surface area contributed by atoms with Crippen LogP contribution in [-0.4, -0.2) is 28.4 Å². The predicted molar refractivity (Wildman–Crippen MR) is 115 cm³/mol. The quantitative estimate of drug-likeness (QED) is 0.321. The second kappa shape index (κ2) is 9.62. The van der Waals surface area contributed by atoms with Gasteiger partial charge >= 0.3 is 5.97 Å². The van der Waals surface area contributed by atoms with E-state index in [4.69, 9.17) is 4.74 Å². The smallest absolute Gasteiger partial charge is 0.338 e. The molecule has 0 bridgehead atoms. The summed E-state index contributed by atoms with van der Waals surface area (Å²) in [5.74, 6) is -0.848. The number of carbonyl (C=O) groups excluding carboxylic acids is 2. The van der Waals surface area contributed by atoms with Gasteiger partial charge in [-0.15, -0.1) is 0 Å². The number of aromatic nitrogens is 1. The first-order valence-corrected chi connectivity index (χ1v) is 9.63. The monoisotopic (exact) mass is 419 g/mol. The molecular formula is C23H21N3O5. The van der Waals surface area contributed by atoms with Crippen LogP contribution in [0.2, 0.25) is 0 Å². The fourth-order valence-electron chi connectivity index (χ4n) is 3.04. The molecule has 1 aromatic heterocycles. The van der Waals surface area contributed by atoms with Gasteiger partial charge in [-0.3, -0.25) is 19.9 Å². The zero-order valence-electron chi connectivity index (χ0n) is 17.1. The van der Waals surface area contributed by atoms with Gasteiger partial charge in [0, 0.05) is 35.3 Å². The largest absolute Gasteiger partial charge is 0.462 e. The van der Waals surface area contributed by atoms with E-state index in [9.17, 15) is 19.7 Å². The molecule has 2 aromatic carbocycles. The van der Waals surface area contributed by atoms with Crippen molar-refractivity contribution >= 4 is 23.3 Å². The van der Waals surface area contributed by atoms with Crippen molar-refractivity contribution in [3.63, 3.8) is 0 Å². The van der Waals surface area contributed by atoms with Gasteiger partial charge in [-0.25, -0.2) is 4.79 Å². The van der Waals surface area contributed by atoms with Crippen molar-refractivity contribution in [2.75, 3.05) is 11.5 Å². The maximum absolute atomic E-state index is 13.4. The van der Waals surface area contributed by atoms with E-state index >= 15 is 0 Å². The summed E-state index contributed by atoms with van der Waals surface area (Å²) < 4.78 is 5.00. The minimum Gasteiger partial charge on any atom is -0.462 e. The molecule has 8 nitrogen and oxygen atoms in total. The van der Waals surface area contributed by atoms with Crippen LogP contribution in [0.3, 0.4) is 0 Å². The molecule has 158 valence electrons. The Balaban J connectivity index is 1.99. The third-order valence-electron chi connectivity index (χ3n) is 4.68. The van der Waals surface area contributed by atoms with Gasteiger partial charge in [0.05, 0.1) is 23.6 Å². The number of esters is 1. The van der Waals surface area contributed by atoms with Crippen molar-refractivity contribution in [2.24, 2.45) is 0 Å². The third-order valence-corrected chi connectivity index (χ3v) is 4.68. The normalized spacial score (nSPS) is 10.4. The number of nitro groups is 1. The van der Waals surface area contributed by atoms with Crippen molar-refractivity contribution in [3.05, 3.63) is 99.4 Å². The molecule has 1 amide bonds. The van der Waals surface area contributed by atoms with Gasteiger partial charge in [0.25, 0.3) is 11.6 Å². The average Bonchev–Trinajstić information content (AvgIpc) is 2.78. The van der Waals surface area contributed by atoms with E-state index in [2.05, 4.69) is 4.98 Å². The van der Waals surface area contributed by atoms with Crippen molar-refractivity contribution in [1.29, 1.82) is 0 Å². The standard InChI is InChI=1S/C23H21N3O5/c1-3-31-23(28)18-6-8-20(9-7-18)25(15-17-10-12-24-13-11-17)22(27)19-5-4-16(2)21(14-19)26(29)30/h4-14H,3,15H2,1-2H3. The van der Waals surface area contributed by atoms with Crippen LogP contribution in [0.4, 0.5) is 11.4 Å². The van der Waals surface area contributed by atoms with Gasteiger partial charge in [-0.2, -0.15) is 0 Å². The lowest BCUT2D eigenvalue weighted by atomic mass is 10.1. The molecule has 0 aliphatic heterocycles. The highest BCUT2D eigenvalue weighted by atomic mass is 16.6. The predicted octanol–water partition coefficient (Wildman–Crippen LogP) is 4.32. The van der Waals surface area contributed by atoms with E-state index < -0.39 is 16.8 Å². The Morgan fingerprint density at radius 1 is 1.03 bits per heavy atom. The first kappa shape index (κ1) is 21.6. The lowest BCUT2D eigenvalue weighted by molar-refractivity contribution is -0.385. The van der Waals surface area contributed by atoms with E-state index in [1.165, 1.54) is 11.0 Å². The molecule has 3 aromatic rings. The molecule has 31 heavy (non-hydrogen) atoms. The maximum Gasteiger partial charge on any atom is 0.338 e. The zero-order chi connectivity index (χ0) is 22.4. The van der Waals surface area contributed by atoms with Gasteiger partial charge in [0.1, 0.15) is 0 Å². The summed E-state index contributed by atoms with van der Waals surface area (Å²) in [7, 11) is 0. The molecule has 0 unspecified atom stereocenters. The van der Waals surface area contributed by atoms with Gasteiger partial charge in [0.15, 0.2) is 0 Å². The molecule has 0 fully saturated rings. The first-order chi connectivity index (χ1) is 14.9. The molecule has 1 heterocycles. The van der Waals surface area contributed by atoms with Crippen LogP contribution in [0.5, 0.6) is 0 Å². The molecule has 0 aliphatic carbocycles. The molecular weight excluding hydrogens is 398 g/mol. The maximum atomic E-state index is 13.4. The summed E-state index contributed by atoms with van der Waals surface area (Å²) in [6, 6.07) is 14.4. The number of nitrogens with zero attached hydrogens (tertiary/aromatic N) is 3. The molecule has 0 spiro atoms. The lowest BCUT2D eigenvalue weighted by Gasteiger charge is -2.23. The number of pyridine rings is 1. The molecule has 0 radical (unpaired) electrons. The number of aryl methyl sites for hydroxylation is 1. The van der Waals surface area contributed by atoms with Gasteiger partial charge in [-0.1, -0.05) is 6.07 Å². The van der Waals surface area contributed by atoms with Crippen molar-refractivity contribution in [1.82, 2.24) is 4.98 Å². The van der Waals surface area contributed by atoms with Gasteiger partial charge in [0.2, 0.25) is 0 Å². The molecule has 0 aliphatic rings. The highest BCUT2D eigenvalue weighted by Crippen LogP contribution is 2.25. The SMILES string of the molecule is CCOC(=O)c1ccc(N(Cc2ccncc2)C(=O)c2ccc(C)c([N+](=O)[O-])c2)cc1. The Hall–Kier alpha value is -4.07. The number of anilines is 1. The summed E-state index contributed by atoms with van der Waals surface area (Å²) in [5, 5.41) is 11.3. The molecule has 8 heteroatoms. The number of amides is 1.